The fourth-order valence-corrected chi connectivity index (χ4v) is 3.13. The van der Waals surface area contributed by atoms with Gasteiger partial charge in [-0.15, -0.1) is 11.3 Å². The molecule has 3 heterocycles. The second-order valence-electron chi connectivity index (χ2n) is 4.57. The van der Waals surface area contributed by atoms with Crippen LogP contribution in [0.15, 0.2) is 17.8 Å². The Morgan fingerprint density at radius 1 is 1.53 bits per heavy atom. The SMILES string of the molecule is CC(O)C1CCN(c2ncnc3sccc23)C1. The van der Waals surface area contributed by atoms with Gasteiger partial charge in [-0.05, 0) is 24.8 Å². The highest BCUT2D eigenvalue weighted by atomic mass is 32.1. The zero-order chi connectivity index (χ0) is 11.8. The first-order chi connectivity index (χ1) is 8.25. The van der Waals surface area contributed by atoms with Crippen molar-refractivity contribution in [2.24, 2.45) is 5.92 Å². The van der Waals surface area contributed by atoms with E-state index in [1.54, 1.807) is 17.7 Å². The smallest absolute Gasteiger partial charge is 0.140 e. The summed E-state index contributed by atoms with van der Waals surface area (Å²) in [6.07, 6.45) is 2.43. The molecular formula is C12H15N3OS. The van der Waals surface area contributed by atoms with Crippen LogP contribution in [0.1, 0.15) is 13.3 Å². The number of aromatic nitrogens is 2. The summed E-state index contributed by atoms with van der Waals surface area (Å²) < 4.78 is 0. The van der Waals surface area contributed by atoms with Crippen molar-refractivity contribution >= 4 is 27.4 Å². The number of rotatable bonds is 2. The monoisotopic (exact) mass is 249 g/mol. The lowest BCUT2D eigenvalue weighted by Crippen LogP contribution is -2.24. The summed E-state index contributed by atoms with van der Waals surface area (Å²) in [5.74, 6) is 1.37. The van der Waals surface area contributed by atoms with Crippen molar-refractivity contribution in [3.8, 4) is 0 Å². The molecule has 2 atom stereocenters. The van der Waals surface area contributed by atoms with Crippen LogP contribution in [0.25, 0.3) is 10.2 Å². The molecule has 0 saturated carbocycles. The number of hydrogen-bond donors (Lipinski definition) is 1. The largest absolute Gasteiger partial charge is 0.393 e. The first-order valence-electron chi connectivity index (χ1n) is 5.87. The predicted molar refractivity (Wildman–Crippen MR) is 69.4 cm³/mol. The van der Waals surface area contributed by atoms with E-state index in [2.05, 4.69) is 20.9 Å². The number of thiophene rings is 1. The molecule has 2 aromatic heterocycles. The molecule has 3 rings (SSSR count). The molecule has 2 unspecified atom stereocenters. The lowest BCUT2D eigenvalue weighted by atomic mass is 10.0. The zero-order valence-corrected chi connectivity index (χ0v) is 10.5. The van der Waals surface area contributed by atoms with Crippen molar-refractivity contribution in [3.05, 3.63) is 17.8 Å². The first-order valence-corrected chi connectivity index (χ1v) is 6.75. The topological polar surface area (TPSA) is 49.2 Å². The Labute approximate surface area is 104 Å². The second kappa shape index (κ2) is 4.23. The van der Waals surface area contributed by atoms with Crippen LogP contribution >= 0.6 is 11.3 Å². The molecule has 0 spiro atoms. The molecule has 5 heteroatoms. The van der Waals surface area contributed by atoms with E-state index in [9.17, 15) is 5.11 Å². The molecule has 0 amide bonds. The van der Waals surface area contributed by atoms with Gasteiger partial charge in [-0.2, -0.15) is 0 Å². The molecular weight excluding hydrogens is 234 g/mol. The van der Waals surface area contributed by atoms with Gasteiger partial charge < -0.3 is 10.0 Å². The second-order valence-corrected chi connectivity index (χ2v) is 5.47. The minimum Gasteiger partial charge on any atom is -0.393 e. The standard InChI is InChI=1S/C12H15N3OS/c1-8(16)9-2-4-15(6-9)11-10-3-5-17-12(10)14-7-13-11/h3,5,7-9,16H,2,4,6H2,1H3. The summed E-state index contributed by atoms with van der Waals surface area (Å²) in [5.41, 5.74) is 0. The van der Waals surface area contributed by atoms with E-state index in [1.165, 1.54) is 0 Å². The molecule has 4 nitrogen and oxygen atoms in total. The molecule has 17 heavy (non-hydrogen) atoms. The fraction of sp³-hybridized carbons (Fsp3) is 0.500. The van der Waals surface area contributed by atoms with Crippen molar-refractivity contribution < 1.29 is 5.11 Å². The number of hydrogen-bond acceptors (Lipinski definition) is 5. The maximum Gasteiger partial charge on any atom is 0.140 e. The Morgan fingerprint density at radius 3 is 3.18 bits per heavy atom. The van der Waals surface area contributed by atoms with Crippen LogP contribution in [0, 0.1) is 5.92 Å². The van der Waals surface area contributed by atoms with Crippen LogP contribution in [0.3, 0.4) is 0 Å². The number of fused-ring (bicyclic) bond motifs is 1. The third-order valence-electron chi connectivity index (χ3n) is 3.45. The Morgan fingerprint density at radius 2 is 2.41 bits per heavy atom. The van der Waals surface area contributed by atoms with E-state index < -0.39 is 0 Å². The summed E-state index contributed by atoms with van der Waals surface area (Å²) in [7, 11) is 0. The number of aliphatic hydroxyl groups excluding tert-OH is 1. The molecule has 1 aliphatic rings. The van der Waals surface area contributed by atoms with Crippen LogP contribution in [-0.4, -0.2) is 34.3 Å². The van der Waals surface area contributed by atoms with Gasteiger partial charge in [0.15, 0.2) is 0 Å². The van der Waals surface area contributed by atoms with Gasteiger partial charge in [-0.25, -0.2) is 9.97 Å². The highest BCUT2D eigenvalue weighted by Gasteiger charge is 2.27. The third kappa shape index (κ3) is 1.89. The summed E-state index contributed by atoms with van der Waals surface area (Å²) in [4.78, 5) is 11.9. The maximum absolute atomic E-state index is 9.63. The van der Waals surface area contributed by atoms with Gasteiger partial charge in [0.05, 0.1) is 11.5 Å². The fourth-order valence-electron chi connectivity index (χ4n) is 2.40. The first kappa shape index (κ1) is 10.9. The van der Waals surface area contributed by atoms with E-state index in [1.807, 2.05) is 12.3 Å². The molecule has 0 radical (unpaired) electrons. The Balaban J connectivity index is 1.92. The maximum atomic E-state index is 9.63. The highest BCUT2D eigenvalue weighted by molar-refractivity contribution is 7.16. The normalized spacial score (nSPS) is 22.2. The molecule has 0 aliphatic carbocycles. The van der Waals surface area contributed by atoms with Gasteiger partial charge in [0.25, 0.3) is 0 Å². The van der Waals surface area contributed by atoms with Gasteiger partial charge in [0.2, 0.25) is 0 Å². The minimum absolute atomic E-state index is 0.236. The van der Waals surface area contributed by atoms with E-state index in [0.29, 0.717) is 5.92 Å². The van der Waals surface area contributed by atoms with Crippen LogP contribution < -0.4 is 4.90 Å². The van der Waals surface area contributed by atoms with Gasteiger partial charge in [-0.3, -0.25) is 0 Å². The molecule has 1 fully saturated rings. The third-order valence-corrected chi connectivity index (χ3v) is 4.27. The number of aliphatic hydroxyl groups is 1. The summed E-state index contributed by atoms with van der Waals surface area (Å²) in [6, 6.07) is 2.07. The van der Waals surface area contributed by atoms with Crippen molar-refractivity contribution in [2.75, 3.05) is 18.0 Å². The Bertz CT molecular complexity index is 525. The lowest BCUT2D eigenvalue weighted by molar-refractivity contribution is 0.136. The molecule has 0 bridgehead atoms. The summed E-state index contributed by atoms with van der Waals surface area (Å²) in [5, 5.41) is 12.8. The van der Waals surface area contributed by atoms with Crippen LogP contribution in [0.4, 0.5) is 5.82 Å². The Kier molecular flexibility index (Phi) is 2.72. The van der Waals surface area contributed by atoms with Crippen molar-refractivity contribution in [1.29, 1.82) is 0 Å². The molecule has 1 aliphatic heterocycles. The summed E-state index contributed by atoms with van der Waals surface area (Å²) >= 11 is 1.64. The molecule has 2 aromatic rings. The van der Waals surface area contributed by atoms with Crippen molar-refractivity contribution in [1.82, 2.24) is 9.97 Å². The van der Waals surface area contributed by atoms with Gasteiger partial charge in [-0.1, -0.05) is 0 Å². The van der Waals surface area contributed by atoms with E-state index in [0.717, 1.165) is 35.5 Å². The van der Waals surface area contributed by atoms with Crippen LogP contribution in [0.2, 0.25) is 0 Å². The lowest BCUT2D eigenvalue weighted by Gasteiger charge is -2.19. The average Bonchev–Trinajstić information content (AvgIpc) is 2.97. The van der Waals surface area contributed by atoms with Gasteiger partial charge >= 0.3 is 0 Å². The van der Waals surface area contributed by atoms with E-state index >= 15 is 0 Å². The minimum atomic E-state index is -0.236. The van der Waals surface area contributed by atoms with Gasteiger partial charge in [0.1, 0.15) is 17.0 Å². The quantitative estimate of drug-likeness (QED) is 0.883. The molecule has 1 N–H and O–H groups in total. The van der Waals surface area contributed by atoms with E-state index in [-0.39, 0.29) is 6.10 Å². The van der Waals surface area contributed by atoms with Crippen LogP contribution in [-0.2, 0) is 0 Å². The Hall–Kier alpha value is -1.20. The highest BCUT2D eigenvalue weighted by Crippen LogP contribution is 2.31. The van der Waals surface area contributed by atoms with Crippen molar-refractivity contribution in [2.45, 2.75) is 19.4 Å². The predicted octanol–water partition coefficient (Wildman–Crippen LogP) is 1.90. The van der Waals surface area contributed by atoms with Crippen LogP contribution in [0.5, 0.6) is 0 Å². The molecule has 1 saturated heterocycles. The number of anilines is 1. The molecule has 0 aromatic carbocycles. The number of nitrogens with zero attached hydrogens (tertiary/aromatic N) is 3. The average molecular weight is 249 g/mol. The van der Waals surface area contributed by atoms with E-state index in [4.69, 9.17) is 0 Å². The summed E-state index contributed by atoms with van der Waals surface area (Å²) in [6.45, 7) is 3.73. The van der Waals surface area contributed by atoms with Crippen molar-refractivity contribution in [3.63, 3.8) is 0 Å². The van der Waals surface area contributed by atoms with Gasteiger partial charge in [0, 0.05) is 19.0 Å². The zero-order valence-electron chi connectivity index (χ0n) is 9.71. The molecule has 90 valence electrons.